The lowest BCUT2D eigenvalue weighted by Gasteiger charge is -2.37. The third-order valence-electron chi connectivity index (χ3n) is 9.43. The molecule has 2 aromatic carbocycles. The second kappa shape index (κ2) is 15.7. The zero-order valence-corrected chi connectivity index (χ0v) is 27.7. The number of likely N-dealkylation sites (N-methyl/N-ethyl adjacent to an activating group) is 1. The Kier molecular flexibility index (Phi) is 12.6. The zero-order valence-electron chi connectivity index (χ0n) is 27.7. The molecule has 0 radical (unpaired) electrons. The van der Waals surface area contributed by atoms with Crippen LogP contribution in [0.25, 0.3) is 0 Å². The van der Waals surface area contributed by atoms with Gasteiger partial charge >= 0.3 is 0 Å². The number of unbranched alkanes of at least 4 members (excludes halogenated alkanes) is 1. The van der Waals surface area contributed by atoms with E-state index in [1.54, 1.807) is 0 Å². The number of aryl methyl sites for hydroxylation is 2. The van der Waals surface area contributed by atoms with Gasteiger partial charge in [0.1, 0.15) is 0 Å². The Bertz CT molecular complexity index is 1180. The summed E-state index contributed by atoms with van der Waals surface area (Å²) in [5.74, 6) is 0.937. The summed E-state index contributed by atoms with van der Waals surface area (Å²) >= 11 is 0. The van der Waals surface area contributed by atoms with Crippen LogP contribution in [0.1, 0.15) is 108 Å². The summed E-state index contributed by atoms with van der Waals surface area (Å²) in [5.41, 5.74) is 6.59. The summed E-state index contributed by atoms with van der Waals surface area (Å²) in [6.07, 6.45) is 5.22. The summed E-state index contributed by atoms with van der Waals surface area (Å²) in [5, 5.41) is 6.59. The number of amides is 2. The number of quaternary nitrogens is 1. The topological polar surface area (TPSA) is 61.4 Å². The average molecular weight is 578 g/mol. The van der Waals surface area contributed by atoms with Gasteiger partial charge in [-0.3, -0.25) is 14.5 Å². The molecule has 232 valence electrons. The number of likely N-dealkylation sites (tertiary alicyclic amines) is 1. The third kappa shape index (κ3) is 8.67. The van der Waals surface area contributed by atoms with Gasteiger partial charge in [-0.2, -0.15) is 0 Å². The molecule has 2 aromatic rings. The lowest BCUT2D eigenvalue weighted by atomic mass is 9.96. The molecule has 2 amide bonds. The predicted octanol–water partition coefficient (Wildman–Crippen LogP) is 7.62. The van der Waals surface area contributed by atoms with Gasteiger partial charge in [-0.1, -0.05) is 70.5 Å². The van der Waals surface area contributed by atoms with Crippen LogP contribution in [0.3, 0.4) is 0 Å². The number of rotatable bonds is 14. The first-order valence-electron chi connectivity index (χ1n) is 16.4. The van der Waals surface area contributed by atoms with E-state index in [0.29, 0.717) is 18.4 Å². The van der Waals surface area contributed by atoms with E-state index in [0.717, 1.165) is 91.8 Å². The van der Waals surface area contributed by atoms with E-state index in [1.807, 2.05) is 0 Å². The molecule has 0 aromatic heterocycles. The average Bonchev–Trinajstić information content (AvgIpc) is 2.96. The normalized spacial score (nSPS) is 16.2. The van der Waals surface area contributed by atoms with Crippen molar-refractivity contribution < 1.29 is 14.1 Å². The highest BCUT2D eigenvalue weighted by Gasteiger charge is 2.31. The standard InChI is InChI=1S/C36H56N4O2/c1-9-40(10-2,25-33(41)37-34-28(7)17-15-19-30(34)26(3)4)24-14-13-23-39-22-12-11-21-32(39)36(42)38-35-29(8)18-16-20-31(35)27(5)6/h15-20,26-27,32H,9-14,21-25H2,1-8H3,(H-,37,38,41,42)/p+1. The molecule has 1 aliphatic rings. The maximum Gasteiger partial charge on any atom is 0.279 e. The first kappa shape index (κ1) is 33.8. The fourth-order valence-electron chi connectivity index (χ4n) is 6.53. The molecule has 6 nitrogen and oxygen atoms in total. The third-order valence-corrected chi connectivity index (χ3v) is 9.43. The van der Waals surface area contributed by atoms with Gasteiger partial charge in [0, 0.05) is 11.4 Å². The van der Waals surface area contributed by atoms with Crippen LogP contribution in [0.15, 0.2) is 36.4 Å². The van der Waals surface area contributed by atoms with Crippen molar-refractivity contribution in [3.8, 4) is 0 Å². The van der Waals surface area contributed by atoms with Gasteiger partial charge < -0.3 is 15.1 Å². The summed E-state index contributed by atoms with van der Waals surface area (Å²) in [4.78, 5) is 29.3. The highest BCUT2D eigenvalue weighted by atomic mass is 16.2. The van der Waals surface area contributed by atoms with Gasteiger partial charge in [0.05, 0.1) is 25.7 Å². The van der Waals surface area contributed by atoms with E-state index in [1.165, 1.54) is 11.1 Å². The van der Waals surface area contributed by atoms with E-state index >= 15 is 0 Å². The SMILES string of the molecule is CC[N+](CC)(CCCCN1CCCCC1C(=O)Nc1c(C)cccc1C(C)C)CC(=O)Nc1c(C)cccc1C(C)C. The summed E-state index contributed by atoms with van der Waals surface area (Å²) < 4.78 is 0.782. The Hall–Kier alpha value is -2.70. The Labute approximate surface area is 255 Å². The van der Waals surface area contributed by atoms with Gasteiger partial charge in [-0.15, -0.1) is 0 Å². The number of piperidine rings is 1. The molecule has 1 aliphatic heterocycles. The molecule has 42 heavy (non-hydrogen) atoms. The van der Waals surface area contributed by atoms with Crippen LogP contribution in [0.2, 0.25) is 0 Å². The van der Waals surface area contributed by atoms with Crippen LogP contribution in [-0.2, 0) is 9.59 Å². The molecular weight excluding hydrogens is 520 g/mol. The number of nitrogens with one attached hydrogen (secondary N) is 2. The number of anilines is 2. The molecule has 2 N–H and O–H groups in total. The van der Waals surface area contributed by atoms with Crippen molar-refractivity contribution >= 4 is 23.2 Å². The van der Waals surface area contributed by atoms with Gasteiger partial charge in [0.15, 0.2) is 6.54 Å². The van der Waals surface area contributed by atoms with Gasteiger partial charge in [-0.25, -0.2) is 0 Å². The maximum atomic E-state index is 13.6. The first-order valence-corrected chi connectivity index (χ1v) is 16.4. The van der Waals surface area contributed by atoms with Gasteiger partial charge in [-0.05, 0) is 101 Å². The molecule has 1 unspecified atom stereocenters. The van der Waals surface area contributed by atoms with Gasteiger partial charge in [0.25, 0.3) is 5.91 Å². The molecule has 0 aliphatic carbocycles. The number of hydrogen-bond donors (Lipinski definition) is 2. The molecule has 1 heterocycles. The number of nitrogens with zero attached hydrogens (tertiary/aromatic N) is 2. The molecule has 1 saturated heterocycles. The predicted molar refractivity (Wildman–Crippen MR) is 177 cm³/mol. The number of carbonyl (C=O) groups is 2. The molecule has 1 fully saturated rings. The largest absolute Gasteiger partial charge is 0.324 e. The summed E-state index contributed by atoms with van der Waals surface area (Å²) in [6, 6.07) is 12.5. The van der Waals surface area contributed by atoms with Crippen molar-refractivity contribution in [2.45, 2.75) is 105 Å². The molecular formula is C36H57N4O2+. The van der Waals surface area contributed by atoms with Crippen LogP contribution in [-0.4, -0.2) is 66.5 Å². The first-order chi connectivity index (χ1) is 20.0. The van der Waals surface area contributed by atoms with E-state index < -0.39 is 0 Å². The molecule has 6 heteroatoms. The van der Waals surface area contributed by atoms with Crippen molar-refractivity contribution in [2.24, 2.45) is 0 Å². The Morgan fingerprint density at radius 3 is 1.98 bits per heavy atom. The second-order valence-electron chi connectivity index (χ2n) is 13.0. The quantitative estimate of drug-likeness (QED) is 0.179. The van der Waals surface area contributed by atoms with E-state index in [2.05, 4.69) is 107 Å². The minimum Gasteiger partial charge on any atom is -0.324 e. The van der Waals surface area contributed by atoms with E-state index in [-0.39, 0.29) is 17.9 Å². The Balaban J connectivity index is 1.59. The number of para-hydroxylation sites is 2. The number of carbonyl (C=O) groups excluding carboxylic acids is 2. The van der Waals surface area contributed by atoms with E-state index in [9.17, 15) is 9.59 Å². The van der Waals surface area contributed by atoms with Crippen LogP contribution in [0.4, 0.5) is 11.4 Å². The van der Waals surface area contributed by atoms with Crippen LogP contribution in [0.5, 0.6) is 0 Å². The summed E-state index contributed by atoms with van der Waals surface area (Å²) in [6.45, 7) is 22.5. The minimum atomic E-state index is -0.0787. The van der Waals surface area contributed by atoms with Crippen LogP contribution >= 0.6 is 0 Å². The second-order valence-corrected chi connectivity index (χ2v) is 13.0. The molecule has 0 bridgehead atoms. The molecule has 0 saturated carbocycles. The van der Waals surface area contributed by atoms with Crippen LogP contribution < -0.4 is 10.6 Å². The monoisotopic (exact) mass is 577 g/mol. The molecule has 1 atom stereocenters. The Morgan fingerprint density at radius 1 is 0.857 bits per heavy atom. The molecule has 0 spiro atoms. The highest BCUT2D eigenvalue weighted by Crippen LogP contribution is 2.29. The van der Waals surface area contributed by atoms with Crippen molar-refractivity contribution in [3.63, 3.8) is 0 Å². The Morgan fingerprint density at radius 2 is 1.43 bits per heavy atom. The lowest BCUT2D eigenvalue weighted by molar-refractivity contribution is -0.917. The summed E-state index contributed by atoms with van der Waals surface area (Å²) in [7, 11) is 0. The lowest BCUT2D eigenvalue weighted by Crippen LogP contribution is -2.53. The highest BCUT2D eigenvalue weighted by molar-refractivity contribution is 5.96. The van der Waals surface area contributed by atoms with Crippen LogP contribution in [0, 0.1) is 13.8 Å². The van der Waals surface area contributed by atoms with Crippen molar-refractivity contribution in [1.29, 1.82) is 0 Å². The fraction of sp³-hybridized carbons (Fsp3) is 0.611. The van der Waals surface area contributed by atoms with E-state index in [4.69, 9.17) is 0 Å². The van der Waals surface area contributed by atoms with Crippen molar-refractivity contribution in [1.82, 2.24) is 4.90 Å². The van der Waals surface area contributed by atoms with Crippen molar-refractivity contribution in [2.75, 3.05) is 49.9 Å². The number of hydrogen-bond acceptors (Lipinski definition) is 3. The number of benzene rings is 2. The fourth-order valence-corrected chi connectivity index (χ4v) is 6.53. The minimum absolute atomic E-state index is 0.0787. The zero-order chi connectivity index (χ0) is 30.9. The smallest absolute Gasteiger partial charge is 0.279 e. The maximum absolute atomic E-state index is 13.6. The van der Waals surface area contributed by atoms with Gasteiger partial charge in [0.2, 0.25) is 5.91 Å². The van der Waals surface area contributed by atoms with Crippen molar-refractivity contribution in [3.05, 3.63) is 58.7 Å². The molecule has 3 rings (SSSR count).